The first-order valence-corrected chi connectivity index (χ1v) is 9.93. The lowest BCUT2D eigenvalue weighted by Gasteiger charge is -2.22. The molecule has 0 N–H and O–H groups in total. The van der Waals surface area contributed by atoms with E-state index in [1.165, 1.54) is 16.2 Å². The Balaban J connectivity index is 1.78. The second-order valence-corrected chi connectivity index (χ2v) is 7.31. The van der Waals surface area contributed by atoms with Gasteiger partial charge in [-0.25, -0.2) is 4.98 Å². The van der Waals surface area contributed by atoms with E-state index in [1.54, 1.807) is 54.3 Å². The molecule has 0 spiro atoms. The van der Waals surface area contributed by atoms with Crippen LogP contribution in [0.2, 0.25) is 0 Å². The number of ether oxygens (including phenoxy) is 1. The van der Waals surface area contributed by atoms with Crippen LogP contribution in [-0.4, -0.2) is 22.5 Å². The molecule has 1 atom stereocenters. The number of fused-ring (bicyclic) bond motifs is 2. The summed E-state index contributed by atoms with van der Waals surface area (Å²) < 4.78 is 11.5. The van der Waals surface area contributed by atoms with Crippen molar-refractivity contribution in [2.24, 2.45) is 0 Å². The number of thiazole rings is 1. The zero-order chi connectivity index (χ0) is 20.0. The molecule has 144 valence electrons. The molecule has 1 aromatic carbocycles. The van der Waals surface area contributed by atoms with Gasteiger partial charge in [0.1, 0.15) is 11.3 Å². The van der Waals surface area contributed by atoms with Crippen molar-refractivity contribution in [3.63, 3.8) is 0 Å². The molecular weight excluding hydrogens is 390 g/mol. The topological polar surface area (TPSA) is 85.5 Å². The molecule has 1 unspecified atom stereocenters. The van der Waals surface area contributed by atoms with Gasteiger partial charge < -0.3 is 9.15 Å². The lowest BCUT2D eigenvalue weighted by Crippen LogP contribution is -2.29. The lowest BCUT2D eigenvalue weighted by atomic mass is 9.99. The fraction of sp³-hybridized carbons (Fsp3) is 0.143. The van der Waals surface area contributed by atoms with E-state index in [0.717, 1.165) is 5.56 Å². The lowest BCUT2D eigenvalue weighted by molar-refractivity contribution is 0.0971. The summed E-state index contributed by atoms with van der Waals surface area (Å²) in [5.41, 5.74) is 1.16. The first kappa shape index (κ1) is 17.6. The fourth-order valence-corrected chi connectivity index (χ4v) is 4.27. The number of anilines is 1. The molecule has 4 aromatic rings. The minimum Gasteiger partial charge on any atom is -0.494 e. The number of aromatic nitrogens is 2. The molecule has 0 radical (unpaired) electrons. The Hall–Kier alpha value is -3.52. The number of nitrogens with zero attached hydrogens (tertiary/aromatic N) is 3. The highest BCUT2D eigenvalue weighted by molar-refractivity contribution is 7.13. The Morgan fingerprint density at radius 3 is 2.72 bits per heavy atom. The molecule has 7 nitrogen and oxygen atoms in total. The summed E-state index contributed by atoms with van der Waals surface area (Å²) in [6.07, 6.45) is 4.89. The van der Waals surface area contributed by atoms with Crippen molar-refractivity contribution in [1.29, 1.82) is 0 Å². The monoisotopic (exact) mass is 405 g/mol. The summed E-state index contributed by atoms with van der Waals surface area (Å²) in [4.78, 5) is 36.6. The molecule has 1 aliphatic heterocycles. The third-order valence-corrected chi connectivity index (χ3v) is 5.57. The Bertz CT molecular complexity index is 1270. The van der Waals surface area contributed by atoms with Crippen molar-refractivity contribution in [2.45, 2.75) is 13.0 Å². The maximum Gasteiger partial charge on any atom is 0.297 e. The van der Waals surface area contributed by atoms with Crippen molar-refractivity contribution in [2.75, 3.05) is 11.5 Å². The second-order valence-electron chi connectivity index (χ2n) is 6.44. The van der Waals surface area contributed by atoms with Crippen LogP contribution >= 0.6 is 11.3 Å². The first-order valence-electron chi connectivity index (χ1n) is 9.05. The van der Waals surface area contributed by atoms with E-state index >= 15 is 0 Å². The number of amides is 1. The van der Waals surface area contributed by atoms with Gasteiger partial charge in [0.05, 0.1) is 23.6 Å². The van der Waals surface area contributed by atoms with Crippen molar-refractivity contribution in [3.05, 3.63) is 81.4 Å². The van der Waals surface area contributed by atoms with Crippen LogP contribution in [0.1, 0.15) is 34.6 Å². The van der Waals surface area contributed by atoms with Gasteiger partial charge in [-0.15, -0.1) is 11.3 Å². The zero-order valence-electron chi connectivity index (χ0n) is 15.4. The fourth-order valence-electron chi connectivity index (χ4n) is 3.60. The number of carbonyl (C=O) groups excluding carboxylic acids is 1. The molecule has 5 rings (SSSR count). The molecule has 8 heteroatoms. The molecule has 4 heterocycles. The summed E-state index contributed by atoms with van der Waals surface area (Å²) in [5.74, 6) is 0.224. The molecule has 1 amide bonds. The summed E-state index contributed by atoms with van der Waals surface area (Å²) >= 11 is 1.33. The van der Waals surface area contributed by atoms with E-state index in [-0.39, 0.29) is 11.2 Å². The Morgan fingerprint density at radius 1 is 1.17 bits per heavy atom. The standard InChI is InChI=1S/C21H15N3O4S/c1-2-27-13-3-4-14-15(11-13)28-19-16(18(14)25)17(12-5-7-22-8-6-12)24(20(19)26)21-23-9-10-29-21/h3-11,17H,2H2,1H3. The van der Waals surface area contributed by atoms with Crippen LogP contribution in [-0.2, 0) is 0 Å². The average Bonchev–Trinajstić information content (AvgIpc) is 3.36. The van der Waals surface area contributed by atoms with Crippen LogP contribution < -0.4 is 15.1 Å². The first-order chi connectivity index (χ1) is 14.2. The molecule has 3 aromatic heterocycles. The van der Waals surface area contributed by atoms with Gasteiger partial charge in [0.25, 0.3) is 5.91 Å². The van der Waals surface area contributed by atoms with E-state index in [4.69, 9.17) is 9.15 Å². The Kier molecular flexibility index (Phi) is 4.13. The van der Waals surface area contributed by atoms with Crippen LogP contribution in [0.5, 0.6) is 5.75 Å². The largest absolute Gasteiger partial charge is 0.494 e. The van der Waals surface area contributed by atoms with Gasteiger partial charge in [-0.2, -0.15) is 0 Å². The quantitative estimate of drug-likeness (QED) is 0.513. The Labute approximate surface area is 169 Å². The highest BCUT2D eigenvalue weighted by atomic mass is 32.1. The SMILES string of the molecule is CCOc1ccc2c(=O)c3c(oc2c1)C(=O)N(c1nccs1)C3c1ccncc1. The van der Waals surface area contributed by atoms with Crippen LogP contribution in [0.3, 0.4) is 0 Å². The van der Waals surface area contributed by atoms with E-state index < -0.39 is 11.9 Å². The normalized spacial score (nSPS) is 15.7. The summed E-state index contributed by atoms with van der Waals surface area (Å²) in [6.45, 7) is 2.36. The van der Waals surface area contributed by atoms with Crippen LogP contribution in [0, 0.1) is 0 Å². The second kappa shape index (κ2) is 6.82. The van der Waals surface area contributed by atoms with Crippen molar-refractivity contribution >= 4 is 33.3 Å². The third kappa shape index (κ3) is 2.72. The van der Waals surface area contributed by atoms with Crippen molar-refractivity contribution < 1.29 is 13.9 Å². The van der Waals surface area contributed by atoms with E-state index in [2.05, 4.69) is 9.97 Å². The van der Waals surface area contributed by atoms with Gasteiger partial charge >= 0.3 is 0 Å². The third-order valence-electron chi connectivity index (χ3n) is 4.80. The van der Waals surface area contributed by atoms with Gasteiger partial charge in [0.2, 0.25) is 5.76 Å². The van der Waals surface area contributed by atoms with E-state index in [1.807, 2.05) is 6.92 Å². The predicted molar refractivity (Wildman–Crippen MR) is 109 cm³/mol. The van der Waals surface area contributed by atoms with Crippen molar-refractivity contribution in [3.8, 4) is 5.75 Å². The Morgan fingerprint density at radius 2 is 2.00 bits per heavy atom. The van der Waals surface area contributed by atoms with Gasteiger partial charge in [0, 0.05) is 30.0 Å². The van der Waals surface area contributed by atoms with Gasteiger partial charge in [-0.1, -0.05) is 0 Å². The van der Waals surface area contributed by atoms with Gasteiger partial charge in [-0.3, -0.25) is 19.5 Å². The molecule has 0 fully saturated rings. The summed E-state index contributed by atoms with van der Waals surface area (Å²) in [5, 5.41) is 2.69. The smallest absolute Gasteiger partial charge is 0.297 e. The zero-order valence-corrected chi connectivity index (χ0v) is 16.2. The number of pyridine rings is 1. The molecular formula is C21H15N3O4S. The number of carbonyl (C=O) groups is 1. The van der Waals surface area contributed by atoms with Crippen molar-refractivity contribution in [1.82, 2.24) is 9.97 Å². The number of rotatable bonds is 4. The average molecular weight is 405 g/mol. The molecule has 0 saturated carbocycles. The number of benzene rings is 1. The molecule has 0 saturated heterocycles. The maximum atomic E-state index is 13.4. The highest BCUT2D eigenvalue weighted by Gasteiger charge is 2.44. The molecule has 1 aliphatic rings. The summed E-state index contributed by atoms with van der Waals surface area (Å²) in [7, 11) is 0. The van der Waals surface area contributed by atoms with Gasteiger partial charge in [0.15, 0.2) is 10.6 Å². The molecule has 0 aliphatic carbocycles. The number of hydrogen-bond donors (Lipinski definition) is 0. The highest BCUT2D eigenvalue weighted by Crippen LogP contribution is 2.41. The van der Waals surface area contributed by atoms with E-state index in [9.17, 15) is 9.59 Å². The minimum atomic E-state index is -0.626. The van der Waals surface area contributed by atoms with Crippen LogP contribution in [0.25, 0.3) is 11.0 Å². The summed E-state index contributed by atoms with van der Waals surface area (Å²) in [6, 6.07) is 7.99. The van der Waals surface area contributed by atoms with Crippen LogP contribution in [0.4, 0.5) is 5.13 Å². The maximum absolute atomic E-state index is 13.4. The number of hydrogen-bond acceptors (Lipinski definition) is 7. The van der Waals surface area contributed by atoms with E-state index in [0.29, 0.717) is 34.0 Å². The molecule has 0 bridgehead atoms. The molecule has 29 heavy (non-hydrogen) atoms. The van der Waals surface area contributed by atoms with Gasteiger partial charge in [-0.05, 0) is 36.8 Å². The minimum absolute atomic E-state index is 0.0353. The predicted octanol–water partition coefficient (Wildman–Crippen LogP) is 3.79. The van der Waals surface area contributed by atoms with Crippen LogP contribution in [0.15, 0.2) is 63.5 Å².